The van der Waals surface area contributed by atoms with E-state index in [1.54, 1.807) is 12.1 Å². The van der Waals surface area contributed by atoms with E-state index in [1.807, 2.05) is 6.07 Å². The van der Waals surface area contributed by atoms with E-state index < -0.39 is 0 Å². The summed E-state index contributed by atoms with van der Waals surface area (Å²) >= 11 is 0. The predicted molar refractivity (Wildman–Crippen MR) is 79.6 cm³/mol. The molecule has 0 radical (unpaired) electrons. The van der Waals surface area contributed by atoms with E-state index in [0.29, 0.717) is 5.92 Å². The zero-order chi connectivity index (χ0) is 15.0. The highest BCUT2D eigenvalue weighted by Gasteiger charge is 2.14. The van der Waals surface area contributed by atoms with E-state index in [9.17, 15) is 10.1 Å². The van der Waals surface area contributed by atoms with Gasteiger partial charge in [0.15, 0.2) is 0 Å². The molecule has 0 aliphatic rings. The van der Waals surface area contributed by atoms with Gasteiger partial charge in [-0.3, -0.25) is 10.1 Å². The van der Waals surface area contributed by atoms with Crippen LogP contribution in [0.3, 0.4) is 0 Å². The van der Waals surface area contributed by atoms with Crippen molar-refractivity contribution in [2.45, 2.75) is 39.2 Å². The fourth-order valence-electron chi connectivity index (χ4n) is 2.20. The lowest BCUT2D eigenvalue weighted by Crippen LogP contribution is -2.26. The number of nitro benzene ring substituents is 1. The van der Waals surface area contributed by atoms with Crippen LogP contribution >= 0.6 is 0 Å². The smallest absolute Gasteiger partial charge is 0.269 e. The summed E-state index contributed by atoms with van der Waals surface area (Å²) < 4.78 is 0. The monoisotopic (exact) mass is 280 g/mol. The molecular formula is C15H24N2O3. The lowest BCUT2D eigenvalue weighted by atomic mass is 10.0. The second-order valence-corrected chi connectivity index (χ2v) is 5.22. The molecule has 5 heteroatoms. The van der Waals surface area contributed by atoms with E-state index in [1.165, 1.54) is 6.07 Å². The first-order valence-electron chi connectivity index (χ1n) is 7.17. The van der Waals surface area contributed by atoms with Gasteiger partial charge in [0, 0.05) is 24.8 Å². The third-order valence-electron chi connectivity index (χ3n) is 3.40. The van der Waals surface area contributed by atoms with Crippen LogP contribution in [0, 0.1) is 16.0 Å². The second kappa shape index (κ2) is 8.66. The summed E-state index contributed by atoms with van der Waals surface area (Å²) in [5.41, 5.74) is 1.09. The normalized spacial score (nSPS) is 13.9. The van der Waals surface area contributed by atoms with Crippen LogP contribution in [0.5, 0.6) is 0 Å². The molecule has 0 saturated heterocycles. The van der Waals surface area contributed by atoms with Gasteiger partial charge in [-0.25, -0.2) is 0 Å². The molecule has 0 spiro atoms. The minimum absolute atomic E-state index is 0.126. The van der Waals surface area contributed by atoms with Gasteiger partial charge in [-0.15, -0.1) is 0 Å². The Labute approximate surface area is 120 Å². The molecule has 0 bridgehead atoms. The number of nitrogens with one attached hydrogen (secondary N) is 1. The van der Waals surface area contributed by atoms with Crippen molar-refractivity contribution in [2.24, 2.45) is 5.92 Å². The summed E-state index contributed by atoms with van der Waals surface area (Å²) in [7, 11) is 0. The van der Waals surface area contributed by atoms with E-state index in [-0.39, 0.29) is 23.3 Å². The molecule has 1 aromatic rings. The lowest BCUT2D eigenvalue weighted by Gasteiger charge is -2.21. The number of nitro groups is 1. The third kappa shape index (κ3) is 5.27. The van der Waals surface area contributed by atoms with Gasteiger partial charge in [-0.2, -0.15) is 0 Å². The van der Waals surface area contributed by atoms with E-state index in [4.69, 9.17) is 5.11 Å². The molecule has 0 aliphatic heterocycles. The summed E-state index contributed by atoms with van der Waals surface area (Å²) in [5.74, 6) is 0.387. The molecule has 0 aliphatic carbocycles. The predicted octanol–water partition coefficient (Wildman–Crippen LogP) is 3.04. The van der Waals surface area contributed by atoms with Crippen molar-refractivity contribution in [2.75, 3.05) is 13.2 Å². The lowest BCUT2D eigenvalue weighted by molar-refractivity contribution is -0.384. The molecule has 5 nitrogen and oxygen atoms in total. The molecule has 2 atom stereocenters. The average Bonchev–Trinajstić information content (AvgIpc) is 2.44. The van der Waals surface area contributed by atoms with Crippen molar-refractivity contribution in [3.8, 4) is 0 Å². The second-order valence-electron chi connectivity index (χ2n) is 5.22. The van der Waals surface area contributed by atoms with Crippen molar-refractivity contribution < 1.29 is 10.0 Å². The van der Waals surface area contributed by atoms with Crippen LogP contribution in [0.15, 0.2) is 24.3 Å². The van der Waals surface area contributed by atoms with Crippen molar-refractivity contribution in [3.63, 3.8) is 0 Å². The number of rotatable bonds is 9. The third-order valence-corrected chi connectivity index (χ3v) is 3.40. The van der Waals surface area contributed by atoms with E-state index in [0.717, 1.165) is 31.4 Å². The van der Waals surface area contributed by atoms with Crippen molar-refractivity contribution in [1.82, 2.24) is 5.32 Å². The zero-order valence-electron chi connectivity index (χ0n) is 12.2. The Morgan fingerprint density at radius 3 is 2.75 bits per heavy atom. The van der Waals surface area contributed by atoms with E-state index in [2.05, 4.69) is 19.2 Å². The SMILES string of the molecule is CCCC(NCC(C)CCO)c1cccc([N+](=O)[O-])c1. The topological polar surface area (TPSA) is 75.4 Å². The maximum absolute atomic E-state index is 10.8. The number of nitrogens with zero attached hydrogens (tertiary/aromatic N) is 1. The van der Waals surface area contributed by atoms with Crippen LogP contribution in [-0.4, -0.2) is 23.2 Å². The van der Waals surface area contributed by atoms with Crippen molar-refractivity contribution in [3.05, 3.63) is 39.9 Å². The number of aliphatic hydroxyl groups is 1. The first-order chi connectivity index (χ1) is 9.58. The standard InChI is InChI=1S/C15H24N2O3/c1-3-5-15(16-11-12(2)8-9-18)13-6-4-7-14(10-13)17(19)20/h4,6-7,10,12,15-16,18H,3,5,8-9,11H2,1-2H3. The molecule has 112 valence electrons. The minimum atomic E-state index is -0.360. The van der Waals surface area contributed by atoms with Crippen LogP contribution in [0.2, 0.25) is 0 Å². The highest BCUT2D eigenvalue weighted by atomic mass is 16.6. The number of hydrogen-bond donors (Lipinski definition) is 2. The van der Waals surface area contributed by atoms with Gasteiger partial charge in [0.25, 0.3) is 5.69 Å². The van der Waals surface area contributed by atoms with E-state index >= 15 is 0 Å². The van der Waals surface area contributed by atoms with Gasteiger partial charge in [-0.05, 0) is 30.9 Å². The Kier molecular flexibility index (Phi) is 7.18. The summed E-state index contributed by atoms with van der Waals surface area (Å²) in [5, 5.41) is 23.2. The molecule has 1 aromatic carbocycles. The van der Waals surface area contributed by atoms with Crippen LogP contribution < -0.4 is 5.32 Å². The molecule has 0 aromatic heterocycles. The maximum atomic E-state index is 10.8. The molecule has 0 saturated carbocycles. The summed E-state index contributed by atoms with van der Waals surface area (Å²) in [6.07, 6.45) is 2.71. The fraction of sp³-hybridized carbons (Fsp3) is 0.600. The number of hydrogen-bond acceptors (Lipinski definition) is 4. The van der Waals surface area contributed by atoms with Crippen LogP contribution in [-0.2, 0) is 0 Å². The van der Waals surface area contributed by atoms with Crippen LogP contribution in [0.25, 0.3) is 0 Å². The molecule has 0 heterocycles. The van der Waals surface area contributed by atoms with Gasteiger partial charge >= 0.3 is 0 Å². The number of benzene rings is 1. The molecule has 20 heavy (non-hydrogen) atoms. The first-order valence-corrected chi connectivity index (χ1v) is 7.17. The fourth-order valence-corrected chi connectivity index (χ4v) is 2.20. The maximum Gasteiger partial charge on any atom is 0.269 e. The van der Waals surface area contributed by atoms with Crippen molar-refractivity contribution >= 4 is 5.69 Å². The van der Waals surface area contributed by atoms with Crippen LogP contribution in [0.1, 0.15) is 44.7 Å². The van der Waals surface area contributed by atoms with Gasteiger partial charge in [0.1, 0.15) is 0 Å². The van der Waals surface area contributed by atoms with Crippen LogP contribution in [0.4, 0.5) is 5.69 Å². The molecule has 0 amide bonds. The summed E-state index contributed by atoms with van der Waals surface area (Å²) in [6.45, 7) is 5.18. The largest absolute Gasteiger partial charge is 0.396 e. The number of aliphatic hydroxyl groups excluding tert-OH is 1. The first kappa shape index (κ1) is 16.6. The Hall–Kier alpha value is -1.46. The Morgan fingerprint density at radius 1 is 1.40 bits per heavy atom. The molecule has 2 N–H and O–H groups in total. The van der Waals surface area contributed by atoms with Gasteiger partial charge in [0.2, 0.25) is 0 Å². The Morgan fingerprint density at radius 2 is 2.15 bits per heavy atom. The summed E-state index contributed by atoms with van der Waals surface area (Å²) in [4.78, 5) is 10.5. The average molecular weight is 280 g/mol. The van der Waals surface area contributed by atoms with Crippen molar-refractivity contribution in [1.29, 1.82) is 0 Å². The highest BCUT2D eigenvalue weighted by molar-refractivity contribution is 5.35. The summed E-state index contributed by atoms with van der Waals surface area (Å²) in [6, 6.07) is 6.94. The van der Waals surface area contributed by atoms with Gasteiger partial charge in [-0.1, -0.05) is 32.4 Å². The zero-order valence-corrected chi connectivity index (χ0v) is 12.2. The number of non-ortho nitro benzene ring substituents is 1. The Balaban J connectivity index is 2.74. The van der Waals surface area contributed by atoms with Gasteiger partial charge < -0.3 is 10.4 Å². The molecule has 2 unspecified atom stereocenters. The highest BCUT2D eigenvalue weighted by Crippen LogP contribution is 2.23. The quantitative estimate of drug-likeness (QED) is 0.538. The molecule has 1 rings (SSSR count). The minimum Gasteiger partial charge on any atom is -0.396 e. The molecular weight excluding hydrogens is 256 g/mol. The molecule has 0 fully saturated rings. The van der Waals surface area contributed by atoms with Gasteiger partial charge in [0.05, 0.1) is 4.92 Å². The Bertz CT molecular complexity index is 423.